The lowest BCUT2D eigenvalue weighted by Gasteiger charge is -2.35. The van der Waals surface area contributed by atoms with Gasteiger partial charge in [0.25, 0.3) is 0 Å². The molecule has 1 amide bonds. The Morgan fingerprint density at radius 3 is 2.24 bits per heavy atom. The predicted octanol–water partition coefficient (Wildman–Crippen LogP) is 7.17. The van der Waals surface area contributed by atoms with Crippen LogP contribution in [0.1, 0.15) is 49.1 Å². The van der Waals surface area contributed by atoms with Gasteiger partial charge in [0.05, 0.1) is 10.0 Å². The van der Waals surface area contributed by atoms with Gasteiger partial charge in [-0.05, 0) is 105 Å². The number of benzene rings is 2. The summed E-state index contributed by atoms with van der Waals surface area (Å²) in [6.07, 6.45) is 9.31. The zero-order valence-electron chi connectivity index (χ0n) is 18.9. The molecule has 0 unspecified atom stereocenters. The van der Waals surface area contributed by atoms with Crippen molar-refractivity contribution in [1.82, 2.24) is 9.80 Å². The van der Waals surface area contributed by atoms with Crippen molar-refractivity contribution in [3.8, 4) is 0 Å². The first-order valence-electron chi connectivity index (χ1n) is 11.9. The summed E-state index contributed by atoms with van der Waals surface area (Å²) in [6, 6.07) is 13.8. The summed E-state index contributed by atoms with van der Waals surface area (Å²) in [5.41, 5.74) is 2.30. The number of likely N-dealkylation sites (tertiary alicyclic amines) is 2. The summed E-state index contributed by atoms with van der Waals surface area (Å²) in [5.74, 6) is 1.44. The largest absolute Gasteiger partial charge is 0.339 e. The van der Waals surface area contributed by atoms with Crippen LogP contribution in [0.5, 0.6) is 0 Å². The minimum atomic E-state index is 0.0730. The van der Waals surface area contributed by atoms with Crippen LogP contribution in [-0.4, -0.2) is 48.4 Å². The van der Waals surface area contributed by atoms with Crippen molar-refractivity contribution in [1.29, 1.82) is 0 Å². The molecule has 6 heteroatoms. The maximum Gasteiger partial charge on any atom is 0.246 e. The van der Waals surface area contributed by atoms with Gasteiger partial charge in [-0.25, -0.2) is 0 Å². The fourth-order valence-electron chi connectivity index (χ4n) is 4.92. The van der Waals surface area contributed by atoms with Gasteiger partial charge < -0.3 is 9.80 Å². The Balaban J connectivity index is 1.15. The number of nitrogens with zero attached hydrogens (tertiary/aromatic N) is 2. The summed E-state index contributed by atoms with van der Waals surface area (Å²) in [6.45, 7) is 5.19. The van der Waals surface area contributed by atoms with Crippen LogP contribution in [0.3, 0.4) is 0 Å². The second-order valence-corrected chi connectivity index (χ2v) is 10.5. The third kappa shape index (κ3) is 6.99. The molecule has 0 spiro atoms. The number of carbonyl (C=O) groups excluding carboxylic acids is 1. The maximum atomic E-state index is 12.6. The van der Waals surface area contributed by atoms with E-state index in [1.165, 1.54) is 44.5 Å². The van der Waals surface area contributed by atoms with Crippen molar-refractivity contribution in [3.05, 3.63) is 74.7 Å². The highest BCUT2D eigenvalue weighted by atomic mass is 35.5. The van der Waals surface area contributed by atoms with Gasteiger partial charge in [0.15, 0.2) is 0 Å². The maximum absolute atomic E-state index is 12.6. The van der Waals surface area contributed by atoms with Gasteiger partial charge in [0.2, 0.25) is 5.91 Å². The Morgan fingerprint density at radius 2 is 1.58 bits per heavy atom. The fourth-order valence-corrected chi connectivity index (χ4v) is 5.35. The van der Waals surface area contributed by atoms with Crippen LogP contribution in [0, 0.1) is 5.92 Å². The van der Waals surface area contributed by atoms with E-state index in [0.717, 1.165) is 36.5 Å². The number of carbonyl (C=O) groups is 1. The van der Waals surface area contributed by atoms with E-state index in [2.05, 4.69) is 17.0 Å². The first-order chi connectivity index (χ1) is 16.0. The molecule has 2 aromatic rings. The first kappa shape index (κ1) is 24.6. The zero-order chi connectivity index (χ0) is 23.2. The quantitative estimate of drug-likeness (QED) is 0.389. The molecule has 2 aliphatic rings. The van der Waals surface area contributed by atoms with Gasteiger partial charge in [-0.2, -0.15) is 0 Å². The second-order valence-electron chi connectivity index (χ2n) is 9.23. The highest BCUT2D eigenvalue weighted by Crippen LogP contribution is 2.30. The van der Waals surface area contributed by atoms with Crippen molar-refractivity contribution < 1.29 is 4.79 Å². The van der Waals surface area contributed by atoms with Crippen LogP contribution in [0.2, 0.25) is 15.1 Å². The van der Waals surface area contributed by atoms with Gasteiger partial charge in [0.1, 0.15) is 0 Å². The van der Waals surface area contributed by atoms with Crippen molar-refractivity contribution in [2.45, 2.75) is 38.0 Å². The van der Waals surface area contributed by atoms with Crippen molar-refractivity contribution in [3.63, 3.8) is 0 Å². The van der Waals surface area contributed by atoms with Crippen LogP contribution in [0.25, 0.3) is 6.08 Å². The molecule has 0 bridgehead atoms. The Kier molecular flexibility index (Phi) is 8.76. The van der Waals surface area contributed by atoms with Crippen molar-refractivity contribution in [2.24, 2.45) is 5.92 Å². The summed E-state index contributed by atoms with van der Waals surface area (Å²) in [5, 5.41) is 1.83. The molecule has 33 heavy (non-hydrogen) atoms. The molecular formula is C27H31Cl3N2O. The zero-order valence-corrected chi connectivity index (χ0v) is 21.1. The molecule has 4 rings (SSSR count). The van der Waals surface area contributed by atoms with Crippen LogP contribution < -0.4 is 0 Å². The summed E-state index contributed by atoms with van der Waals surface area (Å²) in [4.78, 5) is 17.1. The molecule has 0 N–H and O–H groups in total. The molecule has 2 fully saturated rings. The highest BCUT2D eigenvalue weighted by Gasteiger charge is 2.24. The Hall–Kier alpha value is -1.52. The van der Waals surface area contributed by atoms with Crippen LogP contribution in [0.4, 0.5) is 0 Å². The Morgan fingerprint density at radius 1 is 0.879 bits per heavy atom. The van der Waals surface area contributed by atoms with E-state index in [-0.39, 0.29) is 5.91 Å². The Bertz CT molecular complexity index is 960. The molecular weight excluding hydrogens is 475 g/mol. The third-order valence-corrected chi connectivity index (χ3v) is 8.06. The molecule has 0 radical (unpaired) electrons. The van der Waals surface area contributed by atoms with Crippen molar-refractivity contribution in [2.75, 3.05) is 32.7 Å². The van der Waals surface area contributed by atoms with E-state index in [1.54, 1.807) is 18.2 Å². The van der Waals surface area contributed by atoms with Crippen LogP contribution >= 0.6 is 34.8 Å². The molecule has 2 aliphatic heterocycles. The summed E-state index contributed by atoms with van der Waals surface area (Å²) < 4.78 is 0. The molecule has 2 saturated heterocycles. The van der Waals surface area contributed by atoms with E-state index in [0.29, 0.717) is 21.9 Å². The second kappa shape index (κ2) is 11.8. The average Bonchev–Trinajstić information content (AvgIpc) is 2.84. The van der Waals surface area contributed by atoms with Gasteiger partial charge in [-0.1, -0.05) is 53.0 Å². The van der Waals surface area contributed by atoms with E-state index in [4.69, 9.17) is 34.8 Å². The van der Waals surface area contributed by atoms with E-state index < -0.39 is 0 Å². The van der Waals surface area contributed by atoms with E-state index in [9.17, 15) is 4.79 Å². The lowest BCUT2D eigenvalue weighted by molar-refractivity contribution is -0.127. The molecule has 0 aliphatic carbocycles. The topological polar surface area (TPSA) is 23.6 Å². The molecule has 176 valence electrons. The molecule has 2 heterocycles. The van der Waals surface area contributed by atoms with Gasteiger partial charge in [-0.3, -0.25) is 4.79 Å². The predicted molar refractivity (Wildman–Crippen MR) is 139 cm³/mol. The molecule has 0 atom stereocenters. The van der Waals surface area contributed by atoms with Gasteiger partial charge >= 0.3 is 0 Å². The lowest BCUT2D eigenvalue weighted by Crippen LogP contribution is -2.39. The third-order valence-electron chi connectivity index (χ3n) is 7.07. The monoisotopic (exact) mass is 504 g/mol. The summed E-state index contributed by atoms with van der Waals surface area (Å²) in [7, 11) is 0. The lowest BCUT2D eigenvalue weighted by atomic mass is 9.88. The van der Waals surface area contributed by atoms with Crippen molar-refractivity contribution >= 4 is 46.8 Å². The van der Waals surface area contributed by atoms with Crippen LogP contribution in [-0.2, 0) is 4.79 Å². The molecule has 2 aromatic carbocycles. The first-order valence-corrected chi connectivity index (χ1v) is 13.0. The molecule has 3 nitrogen and oxygen atoms in total. The number of halogens is 3. The number of amides is 1. The van der Waals surface area contributed by atoms with E-state index in [1.807, 2.05) is 29.2 Å². The minimum absolute atomic E-state index is 0.0730. The average molecular weight is 506 g/mol. The number of hydrogen-bond donors (Lipinski definition) is 0. The van der Waals surface area contributed by atoms with Gasteiger partial charge in [-0.15, -0.1) is 0 Å². The number of piperidine rings is 2. The minimum Gasteiger partial charge on any atom is -0.339 e. The SMILES string of the molecule is O=C(/C=C/c1ccc(Cl)c(Cl)c1)N1CCC(CCN2CCC(c3ccc(Cl)cc3)CC2)CC1. The normalized spacial score (nSPS) is 18.8. The van der Waals surface area contributed by atoms with Crippen LogP contribution in [0.15, 0.2) is 48.5 Å². The number of hydrogen-bond acceptors (Lipinski definition) is 2. The highest BCUT2D eigenvalue weighted by molar-refractivity contribution is 6.42. The fraction of sp³-hybridized carbons (Fsp3) is 0.444. The summed E-state index contributed by atoms with van der Waals surface area (Å²) >= 11 is 18.0. The molecule has 0 saturated carbocycles. The molecule has 0 aromatic heterocycles. The number of rotatable bonds is 6. The standard InChI is InChI=1S/C27H31Cl3N2O/c28-24-5-3-22(4-6-24)23-12-15-31(16-13-23)14-9-20-10-17-32(18-11-20)27(33)8-2-21-1-7-25(29)26(30)19-21/h1-8,19-20,23H,9-18H2/b8-2+. The van der Waals surface area contributed by atoms with Gasteiger partial charge in [0, 0.05) is 24.2 Å². The van der Waals surface area contributed by atoms with E-state index >= 15 is 0 Å². The Labute approximate surface area is 212 Å². The smallest absolute Gasteiger partial charge is 0.246 e.